The van der Waals surface area contributed by atoms with Crippen LogP contribution in [0.1, 0.15) is 43.4 Å². The second kappa shape index (κ2) is 7.64. The lowest BCUT2D eigenvalue weighted by atomic mass is 10.0. The van der Waals surface area contributed by atoms with E-state index in [1.807, 2.05) is 42.6 Å². The number of aromatic nitrogens is 2. The Bertz CT molecular complexity index is 969. The number of nitrogens with zero attached hydrogens (tertiary/aromatic N) is 3. The molecule has 3 aromatic rings. The zero-order valence-electron chi connectivity index (χ0n) is 16.2. The summed E-state index contributed by atoms with van der Waals surface area (Å²) in [6, 6.07) is 18.5. The third-order valence-electron chi connectivity index (χ3n) is 5.10. The van der Waals surface area contributed by atoms with Gasteiger partial charge in [-0.3, -0.25) is 4.98 Å². The van der Waals surface area contributed by atoms with E-state index in [0.29, 0.717) is 11.2 Å². The summed E-state index contributed by atoms with van der Waals surface area (Å²) in [4.78, 5) is 6.78. The molecule has 6 heteroatoms. The fourth-order valence-electron chi connectivity index (χ4n) is 3.82. The van der Waals surface area contributed by atoms with Crippen LogP contribution in [0.3, 0.4) is 0 Å². The molecule has 1 N–H and O–H groups in total. The summed E-state index contributed by atoms with van der Waals surface area (Å²) in [7, 11) is 1.68. The summed E-state index contributed by atoms with van der Waals surface area (Å²) >= 11 is 5.78. The molecule has 1 aliphatic heterocycles. The van der Waals surface area contributed by atoms with Crippen LogP contribution in [0.4, 0.5) is 5.69 Å². The number of thiocarbonyl (C=S) groups is 1. The standard InChI is InChI=1S/C22H24N4OS/c1-15(2)25-13-7-11-19(25)21-20(18-10-4-5-12-23-18)24-22(28)26(21)16-8-6-9-17(14-16)27-3/h4-15,20-21H,1-3H3,(H,24,28)/t20-,21+/m1/s1. The van der Waals surface area contributed by atoms with Gasteiger partial charge in [-0.1, -0.05) is 12.1 Å². The molecule has 144 valence electrons. The van der Waals surface area contributed by atoms with Gasteiger partial charge in [0.15, 0.2) is 5.11 Å². The zero-order chi connectivity index (χ0) is 19.7. The van der Waals surface area contributed by atoms with Crippen LogP contribution in [-0.2, 0) is 0 Å². The Morgan fingerprint density at radius 1 is 1.11 bits per heavy atom. The van der Waals surface area contributed by atoms with Gasteiger partial charge in [-0.05, 0) is 62.5 Å². The minimum atomic E-state index is -0.0488. The minimum absolute atomic E-state index is 0.0214. The van der Waals surface area contributed by atoms with Crippen LogP contribution in [0.25, 0.3) is 0 Å². The van der Waals surface area contributed by atoms with Crippen LogP contribution < -0.4 is 15.0 Å². The second-order valence-electron chi connectivity index (χ2n) is 7.13. The number of hydrogen-bond acceptors (Lipinski definition) is 3. The lowest BCUT2D eigenvalue weighted by Crippen LogP contribution is -2.30. The summed E-state index contributed by atoms with van der Waals surface area (Å²) < 4.78 is 7.74. The molecule has 2 atom stereocenters. The van der Waals surface area contributed by atoms with E-state index in [0.717, 1.165) is 17.1 Å². The van der Waals surface area contributed by atoms with Gasteiger partial charge in [0, 0.05) is 35.9 Å². The predicted octanol–water partition coefficient (Wildman–Crippen LogP) is 4.65. The van der Waals surface area contributed by atoms with Crippen molar-refractivity contribution in [3.8, 4) is 5.75 Å². The smallest absolute Gasteiger partial charge is 0.174 e. The van der Waals surface area contributed by atoms with Gasteiger partial charge in [0.1, 0.15) is 11.8 Å². The monoisotopic (exact) mass is 392 g/mol. The summed E-state index contributed by atoms with van der Waals surface area (Å²) in [6.45, 7) is 4.38. The molecular formula is C22H24N4OS. The van der Waals surface area contributed by atoms with Crippen LogP contribution in [0.5, 0.6) is 5.75 Å². The highest BCUT2D eigenvalue weighted by Crippen LogP contribution is 2.42. The molecule has 0 saturated carbocycles. The van der Waals surface area contributed by atoms with Gasteiger partial charge in [-0.2, -0.15) is 0 Å². The van der Waals surface area contributed by atoms with Gasteiger partial charge in [0.05, 0.1) is 18.8 Å². The average Bonchev–Trinajstić information content (AvgIpc) is 3.33. The number of nitrogens with one attached hydrogen (secondary N) is 1. The SMILES string of the molecule is COc1cccc(N2C(=S)N[C@H](c3ccccn3)[C@@H]2c2cccn2C(C)C)c1. The van der Waals surface area contributed by atoms with Gasteiger partial charge >= 0.3 is 0 Å². The van der Waals surface area contributed by atoms with Crippen molar-refractivity contribution in [2.45, 2.75) is 32.0 Å². The number of benzene rings is 1. The number of hydrogen-bond donors (Lipinski definition) is 1. The first-order chi connectivity index (χ1) is 13.6. The summed E-state index contributed by atoms with van der Waals surface area (Å²) in [5.41, 5.74) is 3.16. The van der Waals surface area contributed by atoms with E-state index in [4.69, 9.17) is 17.0 Å². The highest BCUT2D eigenvalue weighted by Gasteiger charge is 2.42. The molecule has 2 aromatic heterocycles. The molecule has 0 aliphatic carbocycles. The van der Waals surface area contributed by atoms with E-state index >= 15 is 0 Å². The number of ether oxygens (including phenoxy) is 1. The Hall–Kier alpha value is -2.86. The van der Waals surface area contributed by atoms with Crippen molar-refractivity contribution >= 4 is 23.0 Å². The number of methoxy groups -OCH3 is 1. The first-order valence-electron chi connectivity index (χ1n) is 9.41. The Kier molecular flexibility index (Phi) is 5.05. The normalized spacial score (nSPS) is 19.1. The maximum absolute atomic E-state index is 5.78. The van der Waals surface area contributed by atoms with E-state index < -0.39 is 0 Å². The fourth-order valence-corrected chi connectivity index (χ4v) is 4.17. The van der Waals surface area contributed by atoms with E-state index in [-0.39, 0.29) is 12.1 Å². The second-order valence-corrected chi connectivity index (χ2v) is 7.52. The number of rotatable bonds is 5. The molecule has 3 heterocycles. The molecule has 5 nitrogen and oxygen atoms in total. The topological polar surface area (TPSA) is 42.3 Å². The maximum atomic E-state index is 5.78. The largest absolute Gasteiger partial charge is 0.497 e. The molecule has 1 aromatic carbocycles. The summed E-state index contributed by atoms with van der Waals surface area (Å²) in [5, 5.41) is 4.19. The highest BCUT2D eigenvalue weighted by atomic mass is 32.1. The summed E-state index contributed by atoms with van der Waals surface area (Å²) in [5.74, 6) is 0.805. The van der Waals surface area contributed by atoms with Crippen molar-refractivity contribution in [1.82, 2.24) is 14.9 Å². The third-order valence-corrected chi connectivity index (χ3v) is 5.42. The Balaban J connectivity index is 1.86. The Labute approximate surface area is 171 Å². The molecule has 1 saturated heterocycles. The van der Waals surface area contributed by atoms with Gasteiger partial charge in [-0.15, -0.1) is 0 Å². The molecule has 0 radical (unpaired) electrons. The fraction of sp³-hybridized carbons (Fsp3) is 0.273. The quantitative estimate of drug-likeness (QED) is 0.640. The zero-order valence-corrected chi connectivity index (χ0v) is 17.1. The molecule has 0 unspecified atom stereocenters. The van der Waals surface area contributed by atoms with Crippen LogP contribution >= 0.6 is 12.2 Å². The molecule has 4 rings (SSSR count). The Morgan fingerprint density at radius 2 is 1.96 bits per heavy atom. The van der Waals surface area contributed by atoms with Crippen molar-refractivity contribution < 1.29 is 4.74 Å². The molecule has 0 bridgehead atoms. The van der Waals surface area contributed by atoms with Gasteiger partial charge in [-0.25, -0.2) is 0 Å². The van der Waals surface area contributed by atoms with Crippen LogP contribution in [0.15, 0.2) is 67.0 Å². The lowest BCUT2D eigenvalue weighted by Gasteiger charge is -2.30. The highest BCUT2D eigenvalue weighted by molar-refractivity contribution is 7.80. The van der Waals surface area contributed by atoms with Crippen molar-refractivity contribution in [2.24, 2.45) is 0 Å². The first-order valence-corrected chi connectivity index (χ1v) is 9.82. The maximum Gasteiger partial charge on any atom is 0.174 e. The van der Waals surface area contributed by atoms with Crippen molar-refractivity contribution in [2.75, 3.05) is 12.0 Å². The first kappa shape index (κ1) is 18.5. The molecule has 1 fully saturated rings. The molecule has 28 heavy (non-hydrogen) atoms. The number of pyridine rings is 1. The molecular weight excluding hydrogens is 368 g/mol. The average molecular weight is 393 g/mol. The summed E-state index contributed by atoms with van der Waals surface area (Å²) in [6.07, 6.45) is 3.95. The van der Waals surface area contributed by atoms with Crippen molar-refractivity contribution in [3.05, 3.63) is 78.4 Å². The van der Waals surface area contributed by atoms with Crippen molar-refractivity contribution in [3.63, 3.8) is 0 Å². The van der Waals surface area contributed by atoms with Crippen molar-refractivity contribution in [1.29, 1.82) is 0 Å². The Morgan fingerprint density at radius 3 is 2.68 bits per heavy atom. The minimum Gasteiger partial charge on any atom is -0.497 e. The van der Waals surface area contributed by atoms with E-state index in [2.05, 4.69) is 58.0 Å². The molecule has 0 spiro atoms. The van der Waals surface area contributed by atoms with Crippen LogP contribution in [0.2, 0.25) is 0 Å². The van der Waals surface area contributed by atoms with Gasteiger partial charge in [0.2, 0.25) is 0 Å². The van der Waals surface area contributed by atoms with Gasteiger partial charge < -0.3 is 19.5 Å². The van der Waals surface area contributed by atoms with E-state index in [9.17, 15) is 0 Å². The molecule has 0 amide bonds. The van der Waals surface area contributed by atoms with Gasteiger partial charge in [0.25, 0.3) is 0 Å². The third kappa shape index (κ3) is 3.24. The number of anilines is 1. The predicted molar refractivity (Wildman–Crippen MR) is 116 cm³/mol. The molecule has 1 aliphatic rings. The van der Waals surface area contributed by atoms with E-state index in [1.54, 1.807) is 7.11 Å². The lowest BCUT2D eigenvalue weighted by molar-refractivity contribution is 0.414. The van der Waals surface area contributed by atoms with Crippen LogP contribution in [0, 0.1) is 0 Å². The van der Waals surface area contributed by atoms with E-state index in [1.165, 1.54) is 5.69 Å². The van der Waals surface area contributed by atoms with Crippen LogP contribution in [-0.4, -0.2) is 21.8 Å².